The number of hydrogen-bond donors (Lipinski definition) is 0. The average Bonchev–Trinajstić information content (AvgIpc) is 3.01. The SMILES string of the molecule is CCCc1c(C(=O)OC)nnn1Cc1ccco1. The molecular weight excluding hydrogens is 234 g/mol. The predicted octanol–water partition coefficient (Wildman–Crippen LogP) is 1.66. The van der Waals surface area contributed by atoms with Gasteiger partial charge in [-0.1, -0.05) is 18.6 Å². The maximum atomic E-state index is 11.6. The Morgan fingerprint density at radius 3 is 3.00 bits per heavy atom. The topological polar surface area (TPSA) is 70.2 Å². The molecule has 0 saturated heterocycles. The minimum atomic E-state index is -0.454. The normalized spacial score (nSPS) is 10.6. The third-order valence-corrected chi connectivity index (χ3v) is 2.59. The van der Waals surface area contributed by atoms with Gasteiger partial charge in [0.2, 0.25) is 0 Å². The molecule has 6 nitrogen and oxygen atoms in total. The van der Waals surface area contributed by atoms with Gasteiger partial charge < -0.3 is 9.15 Å². The summed E-state index contributed by atoms with van der Waals surface area (Å²) in [7, 11) is 1.34. The number of esters is 1. The van der Waals surface area contributed by atoms with Gasteiger partial charge in [-0.05, 0) is 18.6 Å². The Hall–Kier alpha value is -2.11. The van der Waals surface area contributed by atoms with Crippen molar-refractivity contribution in [1.82, 2.24) is 15.0 Å². The standard InChI is InChI=1S/C12H15N3O3/c1-3-5-10-11(12(16)17-2)13-14-15(10)8-9-6-4-7-18-9/h4,6-7H,3,5,8H2,1-2H3. The van der Waals surface area contributed by atoms with Crippen molar-refractivity contribution >= 4 is 5.97 Å². The number of aromatic nitrogens is 3. The summed E-state index contributed by atoms with van der Waals surface area (Å²) in [4.78, 5) is 11.6. The van der Waals surface area contributed by atoms with E-state index < -0.39 is 5.97 Å². The molecule has 0 amide bonds. The van der Waals surface area contributed by atoms with E-state index in [0.717, 1.165) is 24.3 Å². The summed E-state index contributed by atoms with van der Waals surface area (Å²) in [5.74, 6) is 0.317. The number of methoxy groups -OCH3 is 1. The van der Waals surface area contributed by atoms with Crippen LogP contribution < -0.4 is 0 Å². The van der Waals surface area contributed by atoms with Crippen LogP contribution in [0.25, 0.3) is 0 Å². The van der Waals surface area contributed by atoms with Crippen LogP contribution in [-0.4, -0.2) is 28.1 Å². The number of hydrogen-bond acceptors (Lipinski definition) is 5. The largest absolute Gasteiger partial charge is 0.467 e. The summed E-state index contributed by atoms with van der Waals surface area (Å²) in [6.07, 6.45) is 3.22. The molecule has 0 aliphatic rings. The molecule has 0 unspecified atom stereocenters. The Kier molecular flexibility index (Phi) is 3.76. The number of furan rings is 1. The number of carbonyl (C=O) groups is 1. The molecular formula is C12H15N3O3. The van der Waals surface area contributed by atoms with Crippen molar-refractivity contribution in [3.8, 4) is 0 Å². The minimum Gasteiger partial charge on any atom is -0.467 e. The molecule has 2 heterocycles. The first kappa shape index (κ1) is 12.3. The van der Waals surface area contributed by atoms with Crippen molar-refractivity contribution in [2.24, 2.45) is 0 Å². The lowest BCUT2D eigenvalue weighted by atomic mass is 10.2. The molecule has 0 saturated carbocycles. The Morgan fingerprint density at radius 1 is 1.56 bits per heavy atom. The highest BCUT2D eigenvalue weighted by Gasteiger charge is 2.19. The van der Waals surface area contributed by atoms with Gasteiger partial charge in [-0.3, -0.25) is 0 Å². The second-order valence-corrected chi connectivity index (χ2v) is 3.86. The zero-order chi connectivity index (χ0) is 13.0. The lowest BCUT2D eigenvalue weighted by Crippen LogP contribution is -2.10. The summed E-state index contributed by atoms with van der Waals surface area (Å²) in [5.41, 5.74) is 1.06. The zero-order valence-electron chi connectivity index (χ0n) is 10.4. The average molecular weight is 249 g/mol. The van der Waals surface area contributed by atoms with E-state index in [9.17, 15) is 4.79 Å². The molecule has 0 atom stereocenters. The summed E-state index contributed by atoms with van der Waals surface area (Å²) in [5, 5.41) is 7.87. The minimum absolute atomic E-state index is 0.283. The summed E-state index contributed by atoms with van der Waals surface area (Å²) < 4.78 is 11.6. The number of ether oxygens (including phenoxy) is 1. The van der Waals surface area contributed by atoms with Crippen LogP contribution >= 0.6 is 0 Å². The first-order valence-corrected chi connectivity index (χ1v) is 5.79. The Bertz CT molecular complexity index is 517. The second kappa shape index (κ2) is 5.48. The van der Waals surface area contributed by atoms with Crippen LogP contribution in [0, 0.1) is 0 Å². The van der Waals surface area contributed by atoms with Crippen LogP contribution in [0.4, 0.5) is 0 Å². The van der Waals surface area contributed by atoms with Gasteiger partial charge in [0.05, 0.1) is 19.1 Å². The van der Waals surface area contributed by atoms with Gasteiger partial charge in [0.15, 0.2) is 5.69 Å². The first-order valence-electron chi connectivity index (χ1n) is 5.79. The molecule has 6 heteroatoms. The van der Waals surface area contributed by atoms with Crippen LogP contribution in [0.1, 0.15) is 35.3 Å². The maximum Gasteiger partial charge on any atom is 0.360 e. The molecule has 0 aliphatic carbocycles. The van der Waals surface area contributed by atoms with Crippen molar-refractivity contribution in [3.63, 3.8) is 0 Å². The van der Waals surface area contributed by atoms with Crippen molar-refractivity contribution in [2.45, 2.75) is 26.3 Å². The maximum absolute atomic E-state index is 11.6. The quantitative estimate of drug-likeness (QED) is 0.754. The van der Waals surface area contributed by atoms with Crippen LogP contribution in [0.2, 0.25) is 0 Å². The number of carbonyl (C=O) groups excluding carboxylic acids is 1. The van der Waals surface area contributed by atoms with Crippen molar-refractivity contribution < 1.29 is 13.9 Å². The second-order valence-electron chi connectivity index (χ2n) is 3.86. The van der Waals surface area contributed by atoms with Crippen LogP contribution in [0.15, 0.2) is 22.8 Å². The van der Waals surface area contributed by atoms with Crippen molar-refractivity contribution in [1.29, 1.82) is 0 Å². The van der Waals surface area contributed by atoms with Crippen LogP contribution in [0.5, 0.6) is 0 Å². The molecule has 0 aliphatic heterocycles. The van der Waals surface area contributed by atoms with Crippen LogP contribution in [0.3, 0.4) is 0 Å². The van der Waals surface area contributed by atoms with Crippen molar-refractivity contribution in [3.05, 3.63) is 35.5 Å². The molecule has 2 rings (SSSR count). The molecule has 0 aromatic carbocycles. The molecule has 18 heavy (non-hydrogen) atoms. The van der Waals surface area contributed by atoms with E-state index in [1.165, 1.54) is 7.11 Å². The molecule has 2 aromatic heterocycles. The zero-order valence-corrected chi connectivity index (χ0v) is 10.4. The van der Waals surface area contributed by atoms with E-state index in [-0.39, 0.29) is 5.69 Å². The first-order chi connectivity index (χ1) is 8.76. The summed E-state index contributed by atoms with van der Waals surface area (Å²) >= 11 is 0. The highest BCUT2D eigenvalue weighted by Crippen LogP contribution is 2.12. The fraction of sp³-hybridized carbons (Fsp3) is 0.417. The van der Waals surface area contributed by atoms with Gasteiger partial charge >= 0.3 is 5.97 Å². The lowest BCUT2D eigenvalue weighted by Gasteiger charge is -2.04. The number of nitrogens with zero attached hydrogens (tertiary/aromatic N) is 3. The predicted molar refractivity (Wildman–Crippen MR) is 63.2 cm³/mol. The smallest absolute Gasteiger partial charge is 0.360 e. The molecule has 0 radical (unpaired) electrons. The molecule has 2 aromatic rings. The van der Waals surface area contributed by atoms with Gasteiger partial charge in [0.25, 0.3) is 0 Å². The Balaban J connectivity index is 2.29. The monoisotopic (exact) mass is 249 g/mol. The van der Waals surface area contributed by atoms with Gasteiger partial charge in [0.1, 0.15) is 12.3 Å². The van der Waals surface area contributed by atoms with Gasteiger partial charge in [-0.15, -0.1) is 5.10 Å². The van der Waals surface area contributed by atoms with E-state index in [1.807, 2.05) is 19.1 Å². The molecule has 0 bridgehead atoms. The van der Waals surface area contributed by atoms with Crippen molar-refractivity contribution in [2.75, 3.05) is 7.11 Å². The van der Waals surface area contributed by atoms with Gasteiger partial charge in [-0.25, -0.2) is 9.48 Å². The van der Waals surface area contributed by atoms with E-state index in [0.29, 0.717) is 6.54 Å². The molecule has 0 spiro atoms. The molecule has 96 valence electrons. The highest BCUT2D eigenvalue weighted by molar-refractivity contribution is 5.88. The Morgan fingerprint density at radius 2 is 2.39 bits per heavy atom. The van der Waals surface area contributed by atoms with Gasteiger partial charge in [-0.2, -0.15) is 0 Å². The van der Waals surface area contributed by atoms with Crippen LogP contribution in [-0.2, 0) is 17.7 Å². The third kappa shape index (κ3) is 2.42. The summed E-state index contributed by atoms with van der Waals surface area (Å²) in [6, 6.07) is 3.67. The molecule has 0 fully saturated rings. The highest BCUT2D eigenvalue weighted by atomic mass is 16.5. The third-order valence-electron chi connectivity index (χ3n) is 2.59. The molecule has 0 N–H and O–H groups in total. The number of rotatable bonds is 5. The van der Waals surface area contributed by atoms with Gasteiger partial charge in [0, 0.05) is 0 Å². The Labute approximate surface area is 105 Å². The van der Waals surface area contributed by atoms with E-state index >= 15 is 0 Å². The van der Waals surface area contributed by atoms with E-state index in [2.05, 4.69) is 10.3 Å². The fourth-order valence-corrected chi connectivity index (χ4v) is 1.75. The van der Waals surface area contributed by atoms with E-state index in [4.69, 9.17) is 9.15 Å². The van der Waals surface area contributed by atoms with E-state index in [1.54, 1.807) is 10.9 Å². The fourth-order valence-electron chi connectivity index (χ4n) is 1.75. The lowest BCUT2D eigenvalue weighted by molar-refractivity contribution is 0.0592. The summed E-state index contributed by atoms with van der Waals surface area (Å²) in [6.45, 7) is 2.50.